The minimum atomic E-state index is -0.0826. The number of H-pyrrole nitrogens is 1. The lowest BCUT2D eigenvalue weighted by Crippen LogP contribution is -2.17. The average Bonchev–Trinajstić information content (AvgIpc) is 2.70. The summed E-state index contributed by atoms with van der Waals surface area (Å²) in [5, 5.41) is 2.50. The smallest absolute Gasteiger partial charge is 0.264 e. The molecule has 0 spiro atoms. The van der Waals surface area contributed by atoms with E-state index in [-0.39, 0.29) is 5.56 Å². The van der Waals surface area contributed by atoms with Crippen LogP contribution in [0.2, 0.25) is 5.02 Å². The topological polar surface area (TPSA) is 45.8 Å². The maximum absolute atomic E-state index is 11.9. The van der Waals surface area contributed by atoms with Gasteiger partial charge in [0.05, 0.1) is 19.2 Å². The van der Waals surface area contributed by atoms with Crippen molar-refractivity contribution < 1.29 is 0 Å². The van der Waals surface area contributed by atoms with Crippen LogP contribution in [0.5, 0.6) is 0 Å². The number of nitrogens with zero attached hydrogens (tertiary/aromatic N) is 1. The number of halogens is 2. The van der Waals surface area contributed by atoms with Crippen molar-refractivity contribution >= 4 is 45.5 Å². The zero-order valence-electron chi connectivity index (χ0n) is 9.96. The summed E-state index contributed by atoms with van der Waals surface area (Å²) in [6, 6.07) is 1.82. The molecule has 2 aromatic rings. The van der Waals surface area contributed by atoms with E-state index in [0.717, 1.165) is 17.0 Å². The lowest BCUT2D eigenvalue weighted by molar-refractivity contribution is 0.631. The van der Waals surface area contributed by atoms with Gasteiger partial charge in [0.2, 0.25) is 0 Å². The van der Waals surface area contributed by atoms with Gasteiger partial charge in [0.15, 0.2) is 5.82 Å². The summed E-state index contributed by atoms with van der Waals surface area (Å²) in [5.74, 6) is 1.07. The molecule has 2 rings (SSSR count). The van der Waals surface area contributed by atoms with Crippen LogP contribution < -0.4 is 5.56 Å². The Labute approximate surface area is 128 Å². The normalized spacial score (nSPS) is 11.2. The highest BCUT2D eigenvalue weighted by molar-refractivity contribution is 14.1. The fourth-order valence-corrected chi connectivity index (χ4v) is 3.08. The van der Waals surface area contributed by atoms with E-state index in [9.17, 15) is 4.79 Å². The summed E-state index contributed by atoms with van der Waals surface area (Å²) in [5.41, 5.74) is 0.773. The molecule has 0 saturated carbocycles. The Morgan fingerprint density at radius 1 is 1.56 bits per heavy atom. The molecule has 0 aliphatic carbocycles. The molecule has 0 saturated heterocycles. The number of hydrogen-bond donors (Lipinski definition) is 1. The Bertz CT molecular complexity index is 621. The van der Waals surface area contributed by atoms with Gasteiger partial charge in [-0.05, 0) is 41.0 Å². The minimum absolute atomic E-state index is 0.0826. The third kappa shape index (κ3) is 3.13. The van der Waals surface area contributed by atoms with Crippen molar-refractivity contribution in [1.29, 1.82) is 0 Å². The molecule has 18 heavy (non-hydrogen) atoms. The van der Waals surface area contributed by atoms with Gasteiger partial charge in [-0.1, -0.05) is 25.4 Å². The van der Waals surface area contributed by atoms with E-state index in [1.54, 1.807) is 0 Å². The van der Waals surface area contributed by atoms with Gasteiger partial charge in [-0.25, -0.2) is 4.98 Å². The van der Waals surface area contributed by atoms with E-state index >= 15 is 0 Å². The van der Waals surface area contributed by atoms with Crippen molar-refractivity contribution in [3.05, 3.63) is 36.1 Å². The molecular weight excluding hydrogens is 383 g/mol. The zero-order valence-corrected chi connectivity index (χ0v) is 13.7. The molecular formula is C12H12ClIN2OS. The van der Waals surface area contributed by atoms with Crippen LogP contribution in [-0.2, 0) is 6.42 Å². The molecule has 0 aliphatic heterocycles. The quantitative estimate of drug-likeness (QED) is 0.801. The van der Waals surface area contributed by atoms with Crippen molar-refractivity contribution in [2.45, 2.75) is 20.3 Å². The van der Waals surface area contributed by atoms with Crippen molar-refractivity contribution in [3.63, 3.8) is 0 Å². The molecule has 1 N–H and O–H groups in total. The van der Waals surface area contributed by atoms with Crippen LogP contribution in [0.1, 0.15) is 19.5 Å². The highest BCUT2D eigenvalue weighted by Crippen LogP contribution is 2.27. The molecule has 0 fully saturated rings. The number of nitrogens with one attached hydrogen (secondary N) is 1. The molecule has 0 unspecified atom stereocenters. The van der Waals surface area contributed by atoms with Crippen LogP contribution in [0.3, 0.4) is 0 Å². The number of rotatable bonds is 3. The highest BCUT2D eigenvalue weighted by Gasteiger charge is 2.12. The van der Waals surface area contributed by atoms with Crippen molar-refractivity contribution in [1.82, 2.24) is 9.97 Å². The van der Waals surface area contributed by atoms with Gasteiger partial charge in [0, 0.05) is 5.38 Å². The summed E-state index contributed by atoms with van der Waals surface area (Å²) in [4.78, 5) is 20.1. The van der Waals surface area contributed by atoms with E-state index in [4.69, 9.17) is 11.6 Å². The lowest BCUT2D eigenvalue weighted by Gasteiger charge is -2.07. The molecule has 2 heterocycles. The molecule has 6 heteroatoms. The molecule has 3 nitrogen and oxygen atoms in total. The summed E-state index contributed by atoms with van der Waals surface area (Å²) >= 11 is 9.42. The Balaban J connectivity index is 2.50. The molecule has 0 bridgehead atoms. The SMILES string of the molecule is CC(C)Cc1nc(-c2cc(Cl)cs2)[nH]c(=O)c1I. The van der Waals surface area contributed by atoms with Crippen molar-refractivity contribution in [3.8, 4) is 10.7 Å². The molecule has 0 aromatic carbocycles. The molecule has 0 amide bonds. The number of hydrogen-bond acceptors (Lipinski definition) is 3. The summed E-state index contributed by atoms with van der Waals surface area (Å²) < 4.78 is 0.674. The van der Waals surface area contributed by atoms with Gasteiger partial charge in [0.25, 0.3) is 5.56 Å². The molecule has 0 atom stereocenters. The van der Waals surface area contributed by atoms with Crippen LogP contribution in [0.25, 0.3) is 10.7 Å². The van der Waals surface area contributed by atoms with Gasteiger partial charge in [0.1, 0.15) is 0 Å². The van der Waals surface area contributed by atoms with Gasteiger partial charge < -0.3 is 4.98 Å². The second kappa shape index (κ2) is 5.71. The predicted molar refractivity (Wildman–Crippen MR) is 84.4 cm³/mol. The van der Waals surface area contributed by atoms with E-state index < -0.39 is 0 Å². The number of aromatic nitrogens is 2. The Hall–Kier alpha value is -0.400. The molecule has 96 valence electrons. The fraction of sp³-hybridized carbons (Fsp3) is 0.333. The summed E-state index contributed by atoms with van der Waals surface area (Å²) in [6.45, 7) is 4.22. The predicted octanol–water partition coefficient (Wildman–Crippen LogP) is 3.95. The molecule has 2 aromatic heterocycles. The first-order valence-electron chi connectivity index (χ1n) is 5.50. The van der Waals surface area contributed by atoms with E-state index in [0.29, 0.717) is 20.3 Å². The highest BCUT2D eigenvalue weighted by atomic mass is 127. The van der Waals surface area contributed by atoms with Crippen LogP contribution in [-0.4, -0.2) is 9.97 Å². The fourth-order valence-electron chi connectivity index (χ4n) is 1.58. The second-order valence-electron chi connectivity index (χ2n) is 4.40. The van der Waals surface area contributed by atoms with Gasteiger partial charge in [-0.3, -0.25) is 4.79 Å². The van der Waals surface area contributed by atoms with E-state index in [1.165, 1.54) is 11.3 Å². The standard InChI is InChI=1S/C12H12ClIN2OS/c1-6(2)3-8-10(14)12(17)16-11(15-8)9-4-7(13)5-18-9/h4-6H,3H2,1-2H3,(H,15,16,17). The first-order chi connectivity index (χ1) is 8.47. The second-order valence-corrected chi connectivity index (χ2v) is 6.83. The van der Waals surface area contributed by atoms with Crippen molar-refractivity contribution in [2.75, 3.05) is 0 Å². The maximum Gasteiger partial charge on any atom is 0.264 e. The van der Waals surface area contributed by atoms with Gasteiger partial charge in [-0.15, -0.1) is 11.3 Å². The Morgan fingerprint density at radius 3 is 2.83 bits per heavy atom. The monoisotopic (exact) mass is 394 g/mol. The largest absolute Gasteiger partial charge is 0.305 e. The summed E-state index contributed by atoms with van der Waals surface area (Å²) in [7, 11) is 0. The van der Waals surface area contributed by atoms with Crippen LogP contribution in [0.4, 0.5) is 0 Å². The Morgan fingerprint density at radius 2 is 2.28 bits per heavy atom. The van der Waals surface area contributed by atoms with E-state index in [2.05, 4.69) is 46.4 Å². The first kappa shape index (κ1) is 14.0. The third-order valence-electron chi connectivity index (χ3n) is 2.33. The van der Waals surface area contributed by atoms with Crippen LogP contribution in [0, 0.1) is 9.49 Å². The average molecular weight is 395 g/mol. The molecule has 0 radical (unpaired) electrons. The maximum atomic E-state index is 11.9. The number of aromatic amines is 1. The van der Waals surface area contributed by atoms with Crippen LogP contribution in [0.15, 0.2) is 16.2 Å². The van der Waals surface area contributed by atoms with Crippen LogP contribution >= 0.6 is 45.5 Å². The van der Waals surface area contributed by atoms with E-state index in [1.807, 2.05) is 11.4 Å². The lowest BCUT2D eigenvalue weighted by atomic mass is 10.1. The molecule has 0 aliphatic rings. The zero-order chi connectivity index (χ0) is 13.3. The minimum Gasteiger partial charge on any atom is -0.305 e. The first-order valence-corrected chi connectivity index (χ1v) is 7.84. The third-order valence-corrected chi connectivity index (χ3v) is 4.73. The number of thiophene rings is 1. The van der Waals surface area contributed by atoms with Gasteiger partial charge >= 0.3 is 0 Å². The summed E-state index contributed by atoms with van der Waals surface area (Å²) in [6.07, 6.45) is 0.800. The van der Waals surface area contributed by atoms with Crippen molar-refractivity contribution in [2.24, 2.45) is 5.92 Å². The van der Waals surface area contributed by atoms with Gasteiger partial charge in [-0.2, -0.15) is 0 Å². The Kier molecular flexibility index (Phi) is 4.45.